The molecular weight excluding hydrogens is 1690 g/mol. The van der Waals surface area contributed by atoms with Crippen molar-refractivity contribution in [3.8, 4) is 101 Å². The Kier molecular flexibility index (Phi) is 18.6. The van der Waals surface area contributed by atoms with E-state index in [1.165, 1.54) is 160 Å². The quantitative estimate of drug-likeness (QED) is 0.165. The molecule has 27 rings (SSSR count). The molecule has 6 nitrogen and oxygen atoms in total. The van der Waals surface area contributed by atoms with Gasteiger partial charge in [-0.2, -0.15) is 0 Å². The van der Waals surface area contributed by atoms with E-state index in [1.807, 2.05) is 58.3 Å². The van der Waals surface area contributed by atoms with Crippen LogP contribution >= 0.6 is 34.0 Å². The van der Waals surface area contributed by atoms with Crippen LogP contribution in [0.3, 0.4) is 0 Å². The molecule has 0 bridgehead atoms. The largest absolute Gasteiger partial charge is 0.244 e. The van der Waals surface area contributed by atoms with E-state index in [9.17, 15) is 0 Å². The van der Waals surface area contributed by atoms with Crippen molar-refractivity contribution in [3.63, 3.8) is 0 Å². The second-order valence-electron chi connectivity index (χ2n) is 40.3. The normalized spacial score (nSPS) is 15.0. The summed E-state index contributed by atoms with van der Waals surface area (Å²) in [6.45, 7) is 29.0. The standard InChI is InChI=1S/3C42H32N2S/c1-41(2)31-24-27(40-39(26-13-6-5-7-14-26)43-32-16-10-11-17-33(32)44-40)18-20-29(31)30-21-23-35-37(38(30)42(41,3)4)36-28-15-9-8-12-25(28)19-22-34(36)45-35;1-41(2)33-20-18-25-12-8-9-15-28(25)38(33)32-24-37-31(23-34(32)42(41,3)4)30-22-27(19-21-36(30)45-37)40-43-35-17-11-10-16-29(35)39(44-40)26-13-6-5-7-14-26;1-41(2)32-19-18-28(40-43-34-17-11-10-16-29(34)39(44-40)25-12-6-5-7-13-25)23-30(32)37-33(42(41,3)4)20-21-35-38(37)31-22-26-14-8-9-15-27(26)24-36(31)45-35/h3*5-24H,1-4H3. The van der Waals surface area contributed by atoms with Gasteiger partial charge in [0, 0.05) is 110 Å². The lowest BCUT2D eigenvalue weighted by atomic mass is 9.54. The first-order valence-electron chi connectivity index (χ1n) is 47.0. The monoisotopic (exact) mass is 1790 g/mol. The Hall–Kier alpha value is -14.6. The van der Waals surface area contributed by atoms with Crippen LogP contribution in [0.4, 0.5) is 0 Å². The van der Waals surface area contributed by atoms with Crippen LogP contribution in [-0.4, -0.2) is 29.9 Å². The van der Waals surface area contributed by atoms with Crippen molar-refractivity contribution in [3.05, 3.63) is 397 Å². The van der Waals surface area contributed by atoms with Crippen molar-refractivity contribution in [2.24, 2.45) is 0 Å². The van der Waals surface area contributed by atoms with Crippen molar-refractivity contribution >= 4 is 160 Å². The van der Waals surface area contributed by atoms with Gasteiger partial charge in [0.2, 0.25) is 0 Å². The lowest BCUT2D eigenvalue weighted by Gasteiger charge is -2.49. The van der Waals surface area contributed by atoms with Gasteiger partial charge in [0.1, 0.15) is 0 Å². The average molecular weight is 1790 g/mol. The van der Waals surface area contributed by atoms with Crippen LogP contribution in [0.25, 0.3) is 227 Å². The Labute approximate surface area is 797 Å². The van der Waals surface area contributed by atoms with Crippen molar-refractivity contribution in [1.29, 1.82) is 0 Å². The number of aromatic nitrogens is 6. The van der Waals surface area contributed by atoms with Gasteiger partial charge >= 0.3 is 0 Å². The highest BCUT2D eigenvalue weighted by atomic mass is 32.1. The van der Waals surface area contributed by atoms with Gasteiger partial charge in [-0.3, -0.25) is 0 Å². The van der Waals surface area contributed by atoms with Gasteiger partial charge in [-0.25, -0.2) is 29.9 Å². The first-order valence-corrected chi connectivity index (χ1v) is 49.5. The van der Waals surface area contributed by atoms with E-state index in [2.05, 4.69) is 423 Å². The minimum atomic E-state index is -0.157. The molecule has 0 radical (unpaired) electrons. The molecule has 3 aliphatic rings. The van der Waals surface area contributed by atoms with E-state index in [-0.39, 0.29) is 32.5 Å². The molecule has 18 aromatic carbocycles. The number of benzene rings is 18. The highest BCUT2D eigenvalue weighted by molar-refractivity contribution is 7.26. The predicted molar refractivity (Wildman–Crippen MR) is 577 cm³/mol. The Bertz CT molecular complexity index is 9120. The first kappa shape index (κ1) is 82.3. The van der Waals surface area contributed by atoms with E-state index in [4.69, 9.17) is 29.9 Å². The highest BCUT2D eigenvalue weighted by Crippen LogP contribution is 2.62. The van der Waals surface area contributed by atoms with Gasteiger partial charge in [-0.1, -0.05) is 350 Å². The molecule has 0 saturated carbocycles. The third kappa shape index (κ3) is 12.6. The van der Waals surface area contributed by atoms with E-state index < -0.39 is 0 Å². The van der Waals surface area contributed by atoms with Crippen LogP contribution in [0.5, 0.6) is 0 Å². The average Bonchev–Trinajstić information content (AvgIpc) is 1.69. The maximum Gasteiger partial charge on any atom is 0.160 e. The number of rotatable bonds is 6. The predicted octanol–water partition coefficient (Wildman–Crippen LogP) is 35.2. The van der Waals surface area contributed by atoms with Crippen molar-refractivity contribution in [1.82, 2.24) is 29.9 Å². The molecule has 0 N–H and O–H groups in total. The van der Waals surface area contributed by atoms with Gasteiger partial charge in [0.15, 0.2) is 11.6 Å². The summed E-state index contributed by atoms with van der Waals surface area (Å²) >= 11 is 5.70. The third-order valence-corrected chi connectivity index (χ3v) is 35.2. The summed E-state index contributed by atoms with van der Waals surface area (Å²) in [4.78, 5) is 31.0. The number of thiophene rings is 3. The number of para-hydroxylation sites is 4. The van der Waals surface area contributed by atoms with Gasteiger partial charge in [-0.05, 0) is 223 Å². The number of nitrogens with zero attached hydrogens (tertiary/aromatic N) is 6. The molecule has 135 heavy (non-hydrogen) atoms. The zero-order valence-electron chi connectivity index (χ0n) is 77.5. The summed E-state index contributed by atoms with van der Waals surface area (Å²) in [5.41, 5.74) is 29.9. The molecule has 648 valence electrons. The lowest BCUT2D eigenvalue weighted by molar-refractivity contribution is 0.299. The maximum absolute atomic E-state index is 5.24. The second-order valence-corrected chi connectivity index (χ2v) is 43.6. The van der Waals surface area contributed by atoms with Crippen LogP contribution in [0.15, 0.2) is 364 Å². The van der Waals surface area contributed by atoms with Crippen molar-refractivity contribution in [2.45, 2.75) is 116 Å². The van der Waals surface area contributed by atoms with E-state index in [0.29, 0.717) is 0 Å². The molecule has 0 unspecified atom stereocenters. The molecule has 6 aromatic heterocycles. The summed E-state index contributed by atoms with van der Waals surface area (Å²) in [5.74, 6) is 1.52. The topological polar surface area (TPSA) is 77.3 Å². The molecule has 24 aromatic rings. The summed E-state index contributed by atoms with van der Waals surface area (Å²) in [5, 5.41) is 18.1. The van der Waals surface area contributed by atoms with Gasteiger partial charge < -0.3 is 0 Å². The molecule has 0 spiro atoms. The number of hydrogen-bond acceptors (Lipinski definition) is 9. The fourth-order valence-electron chi connectivity index (χ4n) is 22.5. The molecule has 0 aliphatic heterocycles. The summed E-state index contributed by atoms with van der Waals surface area (Å²) in [6, 6.07) is 132. The molecule has 9 heteroatoms. The summed E-state index contributed by atoms with van der Waals surface area (Å²) in [6.07, 6.45) is 0. The van der Waals surface area contributed by atoms with Gasteiger partial charge in [0.25, 0.3) is 0 Å². The molecule has 0 fully saturated rings. The fourth-order valence-corrected chi connectivity index (χ4v) is 25.9. The molecule has 0 amide bonds. The molecular formula is C126H96N6S3. The number of hydrogen-bond donors (Lipinski definition) is 0. The SMILES string of the molecule is CC1(C)c2cc(-c3nc4ccccc4nc3-c3ccccc3)ccc2-c2ccc3sc4ccc5ccccc5c4c3c2C1(C)C.CC1(C)c2cc3c(cc2-c2c(ccc4ccccc24)C1(C)C)sc1ccc(-c2nc(-c4ccccc4)c4ccccc4n2)cc13.CC1(C)c2ccc(-c3nc(-c4ccccc4)c4ccccc4n3)cc2-c2c(ccc3sc4cc5ccccc5cc4c23)C1(C)C. The van der Waals surface area contributed by atoms with Crippen LogP contribution < -0.4 is 0 Å². The van der Waals surface area contributed by atoms with Crippen LogP contribution in [0, 0.1) is 0 Å². The van der Waals surface area contributed by atoms with Gasteiger partial charge in [-0.15, -0.1) is 34.0 Å². The van der Waals surface area contributed by atoms with Crippen LogP contribution in [0.2, 0.25) is 0 Å². The van der Waals surface area contributed by atoms with Gasteiger partial charge in [0.05, 0.1) is 44.8 Å². The van der Waals surface area contributed by atoms with Crippen molar-refractivity contribution in [2.75, 3.05) is 0 Å². The maximum atomic E-state index is 5.24. The van der Waals surface area contributed by atoms with Crippen LogP contribution in [0.1, 0.15) is 116 Å². The zero-order valence-corrected chi connectivity index (χ0v) is 80.0. The first-order chi connectivity index (χ1) is 65.4. The molecule has 0 atom stereocenters. The lowest BCUT2D eigenvalue weighted by Crippen LogP contribution is -2.43. The second kappa shape index (κ2) is 30.5. The highest BCUT2D eigenvalue weighted by Gasteiger charge is 2.50. The molecule has 3 aliphatic carbocycles. The Morgan fingerprint density at radius 3 is 1.23 bits per heavy atom. The van der Waals surface area contributed by atoms with E-state index >= 15 is 0 Å². The van der Waals surface area contributed by atoms with E-state index in [0.717, 1.165) is 101 Å². The minimum Gasteiger partial charge on any atom is -0.244 e. The Balaban J connectivity index is 0.000000108. The Morgan fingerprint density at radius 1 is 0.185 bits per heavy atom. The van der Waals surface area contributed by atoms with Crippen LogP contribution in [-0.2, 0) is 32.5 Å². The Morgan fingerprint density at radius 2 is 0.585 bits per heavy atom. The fraction of sp³-hybridized carbons (Fsp3) is 0.143. The molecule has 6 heterocycles. The molecule has 0 saturated heterocycles. The summed E-state index contributed by atoms with van der Waals surface area (Å²) in [7, 11) is 0. The third-order valence-electron chi connectivity index (χ3n) is 31.8. The number of fused-ring (bicyclic) bond motifs is 28. The minimum absolute atomic E-state index is 0.0448. The zero-order chi connectivity index (χ0) is 91.5. The van der Waals surface area contributed by atoms with E-state index in [1.54, 1.807) is 0 Å². The smallest absolute Gasteiger partial charge is 0.160 e. The summed E-state index contributed by atoms with van der Waals surface area (Å²) < 4.78 is 8.00. The van der Waals surface area contributed by atoms with Crippen molar-refractivity contribution < 1.29 is 0 Å².